The van der Waals surface area contributed by atoms with Crippen LogP contribution in [0.1, 0.15) is 13.8 Å². The minimum absolute atomic E-state index is 0.238. The second-order valence-electron chi connectivity index (χ2n) is 7.09. The Hall–Kier alpha value is -2.04. The molecule has 2 N–H and O–H groups in total. The summed E-state index contributed by atoms with van der Waals surface area (Å²) in [5, 5.41) is 17.4. The van der Waals surface area contributed by atoms with E-state index in [2.05, 4.69) is 5.11 Å². The van der Waals surface area contributed by atoms with Crippen molar-refractivity contribution in [1.82, 2.24) is 0 Å². The van der Waals surface area contributed by atoms with Crippen molar-refractivity contribution in [3.8, 4) is 0 Å². The van der Waals surface area contributed by atoms with Crippen molar-refractivity contribution in [2.24, 2.45) is 5.11 Å². The van der Waals surface area contributed by atoms with Gasteiger partial charge in [-0.05, 0) is 62.0 Å². The van der Waals surface area contributed by atoms with E-state index in [1.54, 1.807) is 11.0 Å². The zero-order chi connectivity index (χ0) is 24.1. The van der Waals surface area contributed by atoms with Gasteiger partial charge in [-0.25, -0.2) is 0 Å². The van der Waals surface area contributed by atoms with Crippen LogP contribution in [0.2, 0.25) is 0 Å². The van der Waals surface area contributed by atoms with Gasteiger partial charge in [0.15, 0.2) is 0 Å². The quantitative estimate of drug-likeness (QED) is 0.244. The molecule has 33 heavy (non-hydrogen) atoms. The van der Waals surface area contributed by atoms with Crippen LogP contribution in [0.4, 0.5) is 11.4 Å². The lowest BCUT2D eigenvalue weighted by Crippen LogP contribution is -2.37. The Morgan fingerprint density at radius 3 is 1.88 bits per heavy atom. The van der Waals surface area contributed by atoms with E-state index < -0.39 is 31.2 Å². The molecule has 2 aliphatic rings. The molecule has 0 radical (unpaired) electrons. The molecule has 2 aromatic rings. The van der Waals surface area contributed by atoms with Crippen molar-refractivity contribution in [2.75, 3.05) is 22.9 Å². The number of benzene rings is 2. The minimum Gasteiger partial charge on any atom is -0.597 e. The van der Waals surface area contributed by atoms with Gasteiger partial charge in [-0.1, -0.05) is 16.6 Å². The average Bonchev–Trinajstić information content (AvgIpc) is 3.28. The lowest BCUT2D eigenvalue weighted by molar-refractivity contribution is -0.544. The van der Waals surface area contributed by atoms with Gasteiger partial charge in [0.05, 0.1) is 21.2 Å². The summed E-state index contributed by atoms with van der Waals surface area (Å²) in [6.07, 6.45) is 0. The fourth-order valence-corrected chi connectivity index (χ4v) is 7.31. The second-order valence-corrected chi connectivity index (χ2v) is 12.1. The molecule has 0 spiro atoms. The summed E-state index contributed by atoms with van der Waals surface area (Å²) in [6.45, 7) is 4.68. The Labute approximate surface area is 199 Å². The van der Waals surface area contributed by atoms with E-state index in [0.717, 1.165) is 11.8 Å². The Morgan fingerprint density at radius 2 is 1.39 bits per heavy atom. The van der Waals surface area contributed by atoms with E-state index >= 15 is 0 Å². The van der Waals surface area contributed by atoms with Gasteiger partial charge in [-0.15, -0.1) is 0 Å². The lowest BCUT2D eigenvalue weighted by atomic mass is 10.3. The van der Waals surface area contributed by atoms with Crippen LogP contribution in [0.25, 0.3) is 0 Å². The number of hydroxylamine groups is 1. The molecule has 2 unspecified atom stereocenters. The van der Waals surface area contributed by atoms with Crippen LogP contribution >= 0.6 is 23.5 Å². The fraction of sp³-hybridized carbons (Fsp3) is 0.333. The summed E-state index contributed by atoms with van der Waals surface area (Å²) in [5.74, 6) is 0. The first-order chi connectivity index (χ1) is 15.4. The van der Waals surface area contributed by atoms with Crippen molar-refractivity contribution in [3.05, 3.63) is 41.6 Å². The molecule has 0 saturated heterocycles. The third-order valence-corrected chi connectivity index (χ3v) is 9.22. The second kappa shape index (κ2) is 8.63. The molecule has 0 saturated carbocycles. The minimum atomic E-state index is -4.38. The summed E-state index contributed by atoms with van der Waals surface area (Å²) in [6, 6.07) is 8.34. The molecule has 0 bridgehead atoms. The van der Waals surface area contributed by atoms with Gasteiger partial charge in [0, 0.05) is 28.0 Å². The Morgan fingerprint density at radius 1 is 0.909 bits per heavy atom. The first kappa shape index (κ1) is 24.1. The highest BCUT2D eigenvalue weighted by atomic mass is 32.2. The molecule has 0 aromatic heterocycles. The molecule has 2 aliphatic heterocycles. The molecule has 4 rings (SSSR count). The van der Waals surface area contributed by atoms with Gasteiger partial charge in [-0.3, -0.25) is 9.11 Å². The van der Waals surface area contributed by atoms with Gasteiger partial charge in [0.25, 0.3) is 20.2 Å². The number of rotatable bonds is 6. The first-order valence-corrected chi connectivity index (χ1v) is 14.3. The van der Waals surface area contributed by atoms with E-state index in [1.807, 2.05) is 18.7 Å². The van der Waals surface area contributed by atoms with Crippen LogP contribution < -0.4 is 9.80 Å². The maximum Gasteiger partial charge on any atom is 0.317 e. The molecule has 0 aliphatic carbocycles. The highest BCUT2D eigenvalue weighted by Gasteiger charge is 2.39. The highest BCUT2D eigenvalue weighted by Crippen LogP contribution is 2.47. The van der Waals surface area contributed by atoms with Crippen LogP contribution in [-0.4, -0.2) is 54.9 Å². The predicted octanol–water partition coefficient (Wildman–Crippen LogP) is 3.27. The zero-order valence-electron chi connectivity index (χ0n) is 17.4. The predicted molar refractivity (Wildman–Crippen MR) is 124 cm³/mol. The molecule has 11 nitrogen and oxygen atoms in total. The third-order valence-electron chi connectivity index (χ3n) is 5.16. The largest absolute Gasteiger partial charge is 0.597 e. The first-order valence-electron chi connectivity index (χ1n) is 9.71. The maximum atomic E-state index is 13.1. The molecule has 15 heteroatoms. The summed E-state index contributed by atoms with van der Waals surface area (Å²) in [7, 11) is -8.74. The maximum absolute atomic E-state index is 13.1. The van der Waals surface area contributed by atoms with Gasteiger partial charge in [0.2, 0.25) is 5.50 Å². The smallest absolute Gasteiger partial charge is 0.317 e. The molecule has 2 aromatic carbocycles. The van der Waals surface area contributed by atoms with Crippen molar-refractivity contribution in [3.63, 3.8) is 0 Å². The lowest BCUT2D eigenvalue weighted by Gasteiger charge is -2.24. The van der Waals surface area contributed by atoms with Crippen LogP contribution in [0.15, 0.2) is 61.1 Å². The topological polar surface area (TPSA) is 154 Å². The van der Waals surface area contributed by atoms with Crippen molar-refractivity contribution >= 4 is 55.1 Å². The molecular weight excluding hydrogens is 512 g/mol. The standard InChI is InChI=1S/C18H20N4O7S4/c1-3-20-13-7-5-11(32(24,25)26)9-15(13)30-17(20)19-22(23)18-21(4-2)14-8-6-12(33(27,28)29)10-16(14)31-18/h5-10,17-18H,3-4H2,1-2H3,(H,24,25,26)(H,27,28,29). The molecule has 2 atom stereocenters. The number of azo groups is 1. The molecule has 0 fully saturated rings. The summed E-state index contributed by atoms with van der Waals surface area (Å²) < 4.78 is 64.5. The normalized spacial score (nSPS) is 20.8. The third kappa shape index (κ3) is 4.52. The summed E-state index contributed by atoms with van der Waals surface area (Å²) >= 11 is 2.31. The van der Waals surface area contributed by atoms with E-state index in [0.29, 0.717) is 39.1 Å². The Bertz CT molecular complexity index is 1350. The van der Waals surface area contributed by atoms with E-state index in [1.165, 1.54) is 42.1 Å². The van der Waals surface area contributed by atoms with Gasteiger partial charge < -0.3 is 15.0 Å². The number of hydrogen-bond acceptors (Lipinski definition) is 10. The highest BCUT2D eigenvalue weighted by molar-refractivity contribution is 8.00. The van der Waals surface area contributed by atoms with Crippen LogP contribution in [0.5, 0.6) is 0 Å². The molecule has 0 amide bonds. The zero-order valence-corrected chi connectivity index (χ0v) is 20.7. The number of fused-ring (bicyclic) bond motifs is 2. The van der Waals surface area contributed by atoms with Gasteiger partial charge >= 0.3 is 5.50 Å². The number of anilines is 2. The van der Waals surface area contributed by atoms with Gasteiger partial charge in [0.1, 0.15) is 0 Å². The number of thioether (sulfide) groups is 2. The van der Waals surface area contributed by atoms with Crippen LogP contribution in [-0.2, 0) is 20.2 Å². The van der Waals surface area contributed by atoms with Crippen LogP contribution in [0.3, 0.4) is 0 Å². The summed E-state index contributed by atoms with van der Waals surface area (Å²) in [5.41, 5.74) is -0.0957. The van der Waals surface area contributed by atoms with Crippen molar-refractivity contribution < 1.29 is 30.8 Å². The average molecular weight is 533 g/mol. The number of hydrogen-bond donors (Lipinski definition) is 2. The monoisotopic (exact) mass is 532 g/mol. The fourth-order valence-electron chi connectivity index (χ4n) is 3.62. The summed E-state index contributed by atoms with van der Waals surface area (Å²) in [4.78, 5) is 4.76. The van der Waals surface area contributed by atoms with Crippen molar-refractivity contribution in [2.45, 2.75) is 44.4 Å². The van der Waals surface area contributed by atoms with E-state index in [-0.39, 0.29) is 9.79 Å². The SMILES string of the molecule is CCN1c2ccc(S(=O)(=O)O)cc2SC1N=[N+]([O-])C1Sc2cc(S(=O)(=O)O)ccc2N1CC. The van der Waals surface area contributed by atoms with Gasteiger partial charge in [-0.2, -0.15) is 16.8 Å². The van der Waals surface area contributed by atoms with E-state index in [9.17, 15) is 31.1 Å². The number of nitrogens with zero attached hydrogens (tertiary/aromatic N) is 4. The molecule has 178 valence electrons. The van der Waals surface area contributed by atoms with Crippen molar-refractivity contribution in [1.29, 1.82) is 0 Å². The van der Waals surface area contributed by atoms with E-state index in [4.69, 9.17) is 0 Å². The Kier molecular flexibility index (Phi) is 6.30. The molecular formula is C18H20N4O7S4. The molecule has 2 heterocycles. The Balaban J connectivity index is 1.63. The van der Waals surface area contributed by atoms with Crippen LogP contribution in [0, 0.1) is 5.21 Å².